The van der Waals surface area contributed by atoms with E-state index in [9.17, 15) is 4.79 Å². The van der Waals surface area contributed by atoms with Crippen LogP contribution in [0, 0.1) is 11.3 Å². The van der Waals surface area contributed by atoms with Gasteiger partial charge in [-0.3, -0.25) is 10.1 Å². The van der Waals surface area contributed by atoms with Crippen molar-refractivity contribution in [3.8, 4) is 6.07 Å². The summed E-state index contributed by atoms with van der Waals surface area (Å²) in [6, 6.07) is 22.1. The molecule has 1 aromatic heterocycles. The van der Waals surface area contributed by atoms with Crippen molar-refractivity contribution in [3.63, 3.8) is 0 Å². The fourth-order valence-corrected chi connectivity index (χ4v) is 3.81. The number of nitrogens with zero attached hydrogens (tertiary/aromatic N) is 1. The van der Waals surface area contributed by atoms with Crippen LogP contribution in [0.1, 0.15) is 34.5 Å². The first kappa shape index (κ1) is 19.8. The largest absolute Gasteiger partial charge is 0.325 e. The molecule has 2 N–H and O–H groups in total. The second kappa shape index (κ2) is 9.84. The standard InChI is InChI=1S/C23H23N3OS/c1-2-17-5-9-19(10-6-17)23(21-4-3-15-28-21)25-16-22(27)26-20-11-7-18(8-12-20)13-14-24/h3-12,15,23,25H,2,13,16H2,1H3,(H,26,27)/t23-/m1/s1. The molecule has 1 heterocycles. The summed E-state index contributed by atoms with van der Waals surface area (Å²) in [4.78, 5) is 13.6. The third-order valence-electron chi connectivity index (χ3n) is 4.54. The average molecular weight is 390 g/mol. The van der Waals surface area contributed by atoms with E-state index in [4.69, 9.17) is 5.26 Å². The van der Waals surface area contributed by atoms with E-state index < -0.39 is 0 Å². The summed E-state index contributed by atoms with van der Waals surface area (Å²) in [5.74, 6) is -0.0974. The molecule has 0 radical (unpaired) electrons. The Morgan fingerprint density at radius 1 is 1.07 bits per heavy atom. The number of thiophene rings is 1. The fraction of sp³-hybridized carbons (Fsp3) is 0.217. The van der Waals surface area contributed by atoms with Gasteiger partial charge in [-0.25, -0.2) is 0 Å². The number of carbonyl (C=O) groups excluding carboxylic acids is 1. The van der Waals surface area contributed by atoms with Crippen molar-refractivity contribution in [1.82, 2.24) is 5.32 Å². The Labute approximate surface area is 169 Å². The summed E-state index contributed by atoms with van der Waals surface area (Å²) in [5, 5.41) is 17.1. The zero-order valence-electron chi connectivity index (χ0n) is 15.8. The number of aryl methyl sites for hydroxylation is 1. The molecule has 0 unspecified atom stereocenters. The molecule has 4 nitrogen and oxygen atoms in total. The van der Waals surface area contributed by atoms with Crippen LogP contribution in [0.3, 0.4) is 0 Å². The fourth-order valence-electron chi connectivity index (χ4n) is 2.98. The molecular formula is C23H23N3OS. The van der Waals surface area contributed by atoms with Crippen molar-refractivity contribution in [1.29, 1.82) is 5.26 Å². The van der Waals surface area contributed by atoms with Gasteiger partial charge in [0.1, 0.15) is 0 Å². The quantitative estimate of drug-likeness (QED) is 0.587. The molecule has 1 amide bonds. The maximum absolute atomic E-state index is 12.4. The first-order valence-electron chi connectivity index (χ1n) is 9.31. The van der Waals surface area contributed by atoms with E-state index in [2.05, 4.69) is 54.0 Å². The number of carbonyl (C=O) groups is 1. The van der Waals surface area contributed by atoms with Crippen LogP contribution in [0.2, 0.25) is 0 Å². The van der Waals surface area contributed by atoms with Gasteiger partial charge in [0.2, 0.25) is 5.91 Å². The van der Waals surface area contributed by atoms with Crippen LogP contribution in [-0.4, -0.2) is 12.5 Å². The van der Waals surface area contributed by atoms with Gasteiger partial charge in [-0.05, 0) is 46.7 Å². The highest BCUT2D eigenvalue weighted by Crippen LogP contribution is 2.26. The van der Waals surface area contributed by atoms with Gasteiger partial charge in [-0.1, -0.05) is 49.4 Å². The summed E-state index contributed by atoms with van der Waals surface area (Å²) in [5.41, 5.74) is 4.11. The van der Waals surface area contributed by atoms with E-state index >= 15 is 0 Å². The van der Waals surface area contributed by atoms with E-state index in [1.807, 2.05) is 35.7 Å². The minimum Gasteiger partial charge on any atom is -0.325 e. The molecule has 142 valence electrons. The van der Waals surface area contributed by atoms with Crippen LogP contribution in [0.5, 0.6) is 0 Å². The number of hydrogen-bond acceptors (Lipinski definition) is 4. The molecule has 0 saturated carbocycles. The molecule has 3 aromatic rings. The third kappa shape index (κ3) is 5.29. The predicted molar refractivity (Wildman–Crippen MR) is 114 cm³/mol. The van der Waals surface area contributed by atoms with E-state index in [0.29, 0.717) is 6.42 Å². The van der Waals surface area contributed by atoms with Gasteiger partial charge in [-0.2, -0.15) is 5.26 Å². The molecule has 0 spiro atoms. The zero-order chi connectivity index (χ0) is 19.8. The predicted octanol–water partition coefficient (Wildman–Crippen LogP) is 4.69. The first-order valence-corrected chi connectivity index (χ1v) is 10.2. The highest BCUT2D eigenvalue weighted by Gasteiger charge is 2.16. The van der Waals surface area contributed by atoms with Crippen molar-refractivity contribution in [2.45, 2.75) is 25.8 Å². The van der Waals surface area contributed by atoms with Gasteiger partial charge < -0.3 is 5.32 Å². The van der Waals surface area contributed by atoms with Crippen LogP contribution in [0.4, 0.5) is 5.69 Å². The van der Waals surface area contributed by atoms with Crippen LogP contribution in [0.15, 0.2) is 66.0 Å². The van der Waals surface area contributed by atoms with Gasteiger partial charge in [0.25, 0.3) is 0 Å². The maximum atomic E-state index is 12.4. The molecule has 28 heavy (non-hydrogen) atoms. The minimum atomic E-state index is -0.0974. The van der Waals surface area contributed by atoms with E-state index in [-0.39, 0.29) is 18.5 Å². The molecule has 0 aliphatic rings. The number of rotatable bonds is 8. The van der Waals surface area contributed by atoms with E-state index in [1.54, 1.807) is 11.3 Å². The lowest BCUT2D eigenvalue weighted by Gasteiger charge is -2.18. The van der Waals surface area contributed by atoms with Crippen molar-refractivity contribution < 1.29 is 4.79 Å². The number of benzene rings is 2. The average Bonchev–Trinajstić information content (AvgIpc) is 3.25. The second-order valence-corrected chi connectivity index (χ2v) is 7.48. The van der Waals surface area contributed by atoms with E-state index in [1.165, 1.54) is 10.4 Å². The lowest BCUT2D eigenvalue weighted by atomic mass is 10.0. The molecule has 3 rings (SSSR count). The topological polar surface area (TPSA) is 64.9 Å². The number of anilines is 1. The van der Waals surface area contributed by atoms with Crippen LogP contribution in [0.25, 0.3) is 0 Å². The Bertz CT molecular complexity index is 925. The third-order valence-corrected chi connectivity index (χ3v) is 5.47. The maximum Gasteiger partial charge on any atom is 0.238 e. The number of nitrogens with one attached hydrogen (secondary N) is 2. The Kier molecular flexibility index (Phi) is 6.96. The number of amides is 1. The monoisotopic (exact) mass is 389 g/mol. The van der Waals surface area contributed by atoms with Crippen molar-refractivity contribution in [2.24, 2.45) is 0 Å². The second-order valence-electron chi connectivity index (χ2n) is 6.50. The first-order chi connectivity index (χ1) is 13.7. The van der Waals surface area contributed by atoms with Gasteiger partial charge in [-0.15, -0.1) is 11.3 Å². The minimum absolute atomic E-state index is 0.0188. The number of hydrogen-bond donors (Lipinski definition) is 2. The van der Waals surface area contributed by atoms with Crippen LogP contribution in [-0.2, 0) is 17.6 Å². The Morgan fingerprint density at radius 3 is 2.39 bits per heavy atom. The molecule has 0 fully saturated rings. The van der Waals surface area contributed by atoms with Crippen LogP contribution >= 0.6 is 11.3 Å². The summed E-state index contributed by atoms with van der Waals surface area (Å²) in [6.45, 7) is 2.35. The van der Waals surface area contributed by atoms with Crippen LogP contribution < -0.4 is 10.6 Å². The molecule has 0 aliphatic carbocycles. The van der Waals surface area contributed by atoms with Crippen molar-refractivity contribution in [2.75, 3.05) is 11.9 Å². The highest BCUT2D eigenvalue weighted by molar-refractivity contribution is 7.10. The molecule has 1 atom stereocenters. The summed E-state index contributed by atoms with van der Waals surface area (Å²) in [6.07, 6.45) is 1.38. The molecule has 5 heteroatoms. The zero-order valence-corrected chi connectivity index (χ0v) is 16.6. The summed E-state index contributed by atoms with van der Waals surface area (Å²) >= 11 is 1.68. The normalized spacial score (nSPS) is 11.6. The Balaban J connectivity index is 1.64. The van der Waals surface area contributed by atoms with Crippen molar-refractivity contribution in [3.05, 3.63) is 87.6 Å². The summed E-state index contributed by atoms with van der Waals surface area (Å²) < 4.78 is 0. The number of nitriles is 1. The lowest BCUT2D eigenvalue weighted by Crippen LogP contribution is -2.31. The molecule has 0 bridgehead atoms. The van der Waals surface area contributed by atoms with Gasteiger partial charge >= 0.3 is 0 Å². The molecular weight excluding hydrogens is 366 g/mol. The molecule has 2 aromatic carbocycles. The van der Waals surface area contributed by atoms with Gasteiger partial charge in [0, 0.05) is 10.6 Å². The smallest absolute Gasteiger partial charge is 0.238 e. The van der Waals surface area contributed by atoms with Gasteiger partial charge in [0.05, 0.1) is 25.1 Å². The van der Waals surface area contributed by atoms with Crippen molar-refractivity contribution >= 4 is 22.9 Å². The molecule has 0 saturated heterocycles. The van der Waals surface area contributed by atoms with Gasteiger partial charge in [0.15, 0.2) is 0 Å². The highest BCUT2D eigenvalue weighted by atomic mass is 32.1. The Morgan fingerprint density at radius 2 is 1.79 bits per heavy atom. The Hall–Kier alpha value is -2.94. The SMILES string of the molecule is CCc1ccc([C@@H](NCC(=O)Nc2ccc(CC#N)cc2)c2cccs2)cc1. The lowest BCUT2D eigenvalue weighted by molar-refractivity contribution is -0.115. The molecule has 0 aliphatic heterocycles. The van der Waals surface area contributed by atoms with E-state index in [0.717, 1.165) is 23.2 Å². The summed E-state index contributed by atoms with van der Waals surface area (Å²) in [7, 11) is 0.